The van der Waals surface area contributed by atoms with Crippen LogP contribution in [0.25, 0.3) is 0 Å². The monoisotopic (exact) mass is 232 g/mol. The Morgan fingerprint density at radius 1 is 1.29 bits per heavy atom. The van der Waals surface area contributed by atoms with Crippen LogP contribution in [-0.2, 0) is 13.6 Å². The molecule has 0 radical (unpaired) electrons. The molecular formula is C13H20N4. The number of nitrogens with zero attached hydrogens (tertiary/aromatic N) is 3. The molecule has 3 fully saturated rings. The third-order valence-corrected chi connectivity index (χ3v) is 5.15. The Hall–Kier alpha value is -0.870. The molecule has 3 aliphatic heterocycles. The molecular weight excluding hydrogens is 212 g/mol. The second-order valence-corrected chi connectivity index (χ2v) is 5.82. The lowest BCUT2D eigenvalue weighted by Crippen LogP contribution is -2.34. The van der Waals surface area contributed by atoms with Gasteiger partial charge in [-0.2, -0.15) is 0 Å². The van der Waals surface area contributed by atoms with Gasteiger partial charge in [0.15, 0.2) is 0 Å². The first-order chi connectivity index (χ1) is 8.34. The lowest BCUT2D eigenvalue weighted by Gasteiger charge is -2.23. The molecule has 1 aromatic rings. The molecule has 0 amide bonds. The molecule has 4 rings (SSSR count). The van der Waals surface area contributed by atoms with E-state index in [1.165, 1.54) is 31.8 Å². The van der Waals surface area contributed by atoms with Gasteiger partial charge in [-0.1, -0.05) is 0 Å². The SMILES string of the molecule is Cn1ccnc1CN1[C@@H]2CC[C@H]1[C@H]1CNC[C@H]12. The molecule has 4 atom stereocenters. The third-order valence-electron chi connectivity index (χ3n) is 5.15. The van der Waals surface area contributed by atoms with E-state index in [2.05, 4.69) is 33.0 Å². The summed E-state index contributed by atoms with van der Waals surface area (Å²) in [5.41, 5.74) is 0. The van der Waals surface area contributed by atoms with Gasteiger partial charge in [0.25, 0.3) is 0 Å². The van der Waals surface area contributed by atoms with Gasteiger partial charge in [0, 0.05) is 31.5 Å². The molecule has 0 aliphatic carbocycles. The first-order valence-electron chi connectivity index (χ1n) is 6.77. The van der Waals surface area contributed by atoms with Gasteiger partial charge in [0.05, 0.1) is 6.54 Å². The minimum atomic E-state index is 0.816. The Kier molecular flexibility index (Phi) is 2.11. The van der Waals surface area contributed by atoms with E-state index in [-0.39, 0.29) is 0 Å². The molecule has 17 heavy (non-hydrogen) atoms. The van der Waals surface area contributed by atoms with Crippen molar-refractivity contribution in [3.8, 4) is 0 Å². The van der Waals surface area contributed by atoms with Crippen molar-refractivity contribution in [3.63, 3.8) is 0 Å². The average molecular weight is 232 g/mol. The van der Waals surface area contributed by atoms with Crippen LogP contribution >= 0.6 is 0 Å². The summed E-state index contributed by atoms with van der Waals surface area (Å²) >= 11 is 0. The van der Waals surface area contributed by atoms with Gasteiger partial charge in [-0.15, -0.1) is 0 Å². The minimum Gasteiger partial charge on any atom is -0.337 e. The largest absolute Gasteiger partial charge is 0.337 e. The highest BCUT2D eigenvalue weighted by Gasteiger charge is 2.54. The molecule has 4 nitrogen and oxygen atoms in total. The number of fused-ring (bicyclic) bond motifs is 5. The standard InChI is InChI=1S/C13H20N4/c1-16-5-4-15-13(16)8-17-11-2-3-12(17)10-7-14-6-9(10)11/h4-5,9-12,14H,2-3,6-8H2,1H3/t9-,10+,11-,12+. The van der Waals surface area contributed by atoms with Gasteiger partial charge in [-0.3, -0.25) is 4.90 Å². The van der Waals surface area contributed by atoms with Crippen LogP contribution in [0.15, 0.2) is 12.4 Å². The fraction of sp³-hybridized carbons (Fsp3) is 0.769. The van der Waals surface area contributed by atoms with Gasteiger partial charge < -0.3 is 9.88 Å². The maximum absolute atomic E-state index is 4.48. The van der Waals surface area contributed by atoms with E-state index in [4.69, 9.17) is 0 Å². The van der Waals surface area contributed by atoms with E-state index in [0.717, 1.165) is 30.5 Å². The second-order valence-electron chi connectivity index (χ2n) is 5.82. The molecule has 0 aromatic carbocycles. The van der Waals surface area contributed by atoms with Crippen LogP contribution in [0.2, 0.25) is 0 Å². The molecule has 0 spiro atoms. The van der Waals surface area contributed by atoms with Crippen molar-refractivity contribution in [2.45, 2.75) is 31.5 Å². The number of imidazole rings is 1. The van der Waals surface area contributed by atoms with Crippen LogP contribution in [0.3, 0.4) is 0 Å². The summed E-state index contributed by atoms with van der Waals surface area (Å²) in [6.07, 6.45) is 6.77. The van der Waals surface area contributed by atoms with Crippen molar-refractivity contribution in [1.29, 1.82) is 0 Å². The average Bonchev–Trinajstić information content (AvgIpc) is 3.03. The van der Waals surface area contributed by atoms with Crippen molar-refractivity contribution in [2.24, 2.45) is 18.9 Å². The molecule has 1 N–H and O–H groups in total. The predicted molar refractivity (Wildman–Crippen MR) is 65.4 cm³/mol. The maximum Gasteiger partial charge on any atom is 0.122 e. The Bertz CT molecular complexity index is 409. The van der Waals surface area contributed by atoms with Crippen LogP contribution in [0, 0.1) is 11.8 Å². The minimum absolute atomic E-state index is 0.816. The Balaban J connectivity index is 1.58. The van der Waals surface area contributed by atoms with Crippen molar-refractivity contribution in [3.05, 3.63) is 18.2 Å². The Morgan fingerprint density at radius 2 is 2.00 bits per heavy atom. The zero-order valence-corrected chi connectivity index (χ0v) is 10.3. The summed E-state index contributed by atoms with van der Waals surface area (Å²) in [4.78, 5) is 7.21. The molecule has 4 heterocycles. The Labute approximate surface area is 102 Å². The molecule has 1 aromatic heterocycles. The van der Waals surface area contributed by atoms with E-state index in [0.29, 0.717) is 0 Å². The van der Waals surface area contributed by atoms with E-state index >= 15 is 0 Å². The number of aromatic nitrogens is 2. The molecule has 3 saturated heterocycles. The van der Waals surface area contributed by atoms with Gasteiger partial charge in [-0.05, 0) is 37.8 Å². The smallest absolute Gasteiger partial charge is 0.122 e. The number of aryl methyl sites for hydroxylation is 1. The summed E-state index contributed by atoms with van der Waals surface area (Å²) < 4.78 is 2.16. The first kappa shape index (κ1) is 10.1. The highest BCUT2D eigenvalue weighted by molar-refractivity contribution is 5.10. The molecule has 4 heteroatoms. The van der Waals surface area contributed by atoms with Crippen molar-refractivity contribution in [2.75, 3.05) is 13.1 Å². The summed E-state index contributed by atoms with van der Waals surface area (Å²) in [7, 11) is 2.10. The third kappa shape index (κ3) is 1.34. The van der Waals surface area contributed by atoms with Crippen LogP contribution in [0.1, 0.15) is 18.7 Å². The highest BCUT2D eigenvalue weighted by atomic mass is 15.3. The molecule has 0 unspecified atom stereocenters. The molecule has 2 bridgehead atoms. The van der Waals surface area contributed by atoms with Gasteiger partial charge >= 0.3 is 0 Å². The van der Waals surface area contributed by atoms with Crippen LogP contribution in [0.5, 0.6) is 0 Å². The zero-order chi connectivity index (χ0) is 11.4. The van der Waals surface area contributed by atoms with Gasteiger partial charge in [0.1, 0.15) is 5.82 Å². The number of nitrogens with one attached hydrogen (secondary N) is 1. The number of hydrogen-bond donors (Lipinski definition) is 1. The molecule has 92 valence electrons. The topological polar surface area (TPSA) is 33.1 Å². The Morgan fingerprint density at radius 3 is 2.59 bits per heavy atom. The van der Waals surface area contributed by atoms with E-state index in [1.54, 1.807) is 0 Å². The summed E-state index contributed by atoms with van der Waals surface area (Å²) in [5, 5.41) is 3.57. The lowest BCUT2D eigenvalue weighted by molar-refractivity contribution is 0.211. The zero-order valence-electron chi connectivity index (χ0n) is 10.3. The van der Waals surface area contributed by atoms with Crippen molar-refractivity contribution < 1.29 is 0 Å². The van der Waals surface area contributed by atoms with Gasteiger partial charge in [-0.25, -0.2) is 4.98 Å². The van der Waals surface area contributed by atoms with E-state index in [9.17, 15) is 0 Å². The fourth-order valence-corrected chi connectivity index (χ4v) is 4.35. The van der Waals surface area contributed by atoms with Gasteiger partial charge in [0.2, 0.25) is 0 Å². The summed E-state index contributed by atoms with van der Waals surface area (Å²) in [6, 6.07) is 1.63. The first-order valence-corrected chi connectivity index (χ1v) is 6.77. The normalized spacial score (nSPS) is 40.1. The van der Waals surface area contributed by atoms with Crippen molar-refractivity contribution in [1.82, 2.24) is 19.8 Å². The second kappa shape index (κ2) is 3.56. The maximum atomic E-state index is 4.48. The van der Waals surface area contributed by atoms with Crippen LogP contribution in [-0.4, -0.2) is 39.6 Å². The number of rotatable bonds is 2. The highest BCUT2D eigenvalue weighted by Crippen LogP contribution is 2.47. The molecule has 3 aliphatic rings. The van der Waals surface area contributed by atoms with Crippen LogP contribution in [0.4, 0.5) is 0 Å². The summed E-state index contributed by atoms with van der Waals surface area (Å²) in [6.45, 7) is 3.53. The quantitative estimate of drug-likeness (QED) is 0.810. The van der Waals surface area contributed by atoms with Crippen LogP contribution < -0.4 is 5.32 Å². The van der Waals surface area contributed by atoms with Crippen molar-refractivity contribution >= 4 is 0 Å². The number of hydrogen-bond acceptors (Lipinski definition) is 3. The summed E-state index contributed by atoms with van der Waals surface area (Å²) in [5.74, 6) is 3.04. The molecule has 0 saturated carbocycles. The lowest BCUT2D eigenvalue weighted by atomic mass is 9.82. The van der Waals surface area contributed by atoms with E-state index < -0.39 is 0 Å². The fourth-order valence-electron chi connectivity index (χ4n) is 4.35. The van der Waals surface area contributed by atoms with E-state index in [1.807, 2.05) is 6.20 Å². The predicted octanol–water partition coefficient (Wildman–Crippen LogP) is 0.602.